The van der Waals surface area contributed by atoms with Crippen LogP contribution in [0.4, 0.5) is 16.0 Å². The zero-order valence-corrected chi connectivity index (χ0v) is 25.1. The van der Waals surface area contributed by atoms with Crippen molar-refractivity contribution in [3.63, 3.8) is 0 Å². The number of aromatic amines is 1. The number of hydrogen-bond donors (Lipinski definition) is 6. The van der Waals surface area contributed by atoms with Gasteiger partial charge >= 0.3 is 15.6 Å². The van der Waals surface area contributed by atoms with Crippen LogP contribution in [0.3, 0.4) is 0 Å². The third kappa shape index (κ3) is 5.30. The average Bonchev–Trinajstić information content (AvgIpc) is 3.73. The number of H-pyrrole nitrogens is 1. The van der Waals surface area contributed by atoms with Crippen LogP contribution >= 0.6 is 15.6 Å². The number of alkyl halides is 1. The Morgan fingerprint density at radius 3 is 2.39 bits per heavy atom. The smallest absolute Gasteiger partial charge is 0.397 e. The van der Waals surface area contributed by atoms with Gasteiger partial charge in [-0.2, -0.15) is 4.98 Å². The topological polar surface area (TPSA) is 297 Å². The first kappa shape index (κ1) is 31.2. The minimum atomic E-state index is -5.22. The van der Waals surface area contributed by atoms with Crippen molar-refractivity contribution >= 4 is 49.6 Å². The number of ether oxygens (including phenoxy) is 2. The van der Waals surface area contributed by atoms with Gasteiger partial charge < -0.3 is 35.8 Å². The molecule has 3 aliphatic heterocycles. The minimum Gasteiger partial charge on any atom is -0.397 e. The second-order valence-corrected chi connectivity index (χ2v) is 13.4. The van der Waals surface area contributed by atoms with Crippen molar-refractivity contribution in [2.75, 3.05) is 18.1 Å². The number of aliphatic hydroxyl groups excluding tert-OH is 1. The van der Waals surface area contributed by atoms with E-state index in [0.717, 1.165) is 10.9 Å². The number of aromatic nitrogens is 7. The molecule has 11 atom stereocenters. The van der Waals surface area contributed by atoms with Gasteiger partial charge in [0.05, 0.1) is 31.1 Å². The summed E-state index contributed by atoms with van der Waals surface area (Å²) in [6.45, 7) is 0.286. The molecule has 0 saturated carbocycles. The average molecular weight is 689 g/mol. The molecule has 24 heteroatoms. The summed E-state index contributed by atoms with van der Waals surface area (Å²) in [6, 6.07) is 1.49. The van der Waals surface area contributed by atoms with Crippen LogP contribution < -0.4 is 17.0 Å². The number of nitrogen functional groups attached to an aromatic ring is 2. The first-order valence-corrected chi connectivity index (χ1v) is 16.5. The monoisotopic (exact) mass is 689 g/mol. The van der Waals surface area contributed by atoms with Crippen LogP contribution in [0.2, 0.25) is 0 Å². The minimum absolute atomic E-state index is 0.157. The number of phosphoric acid groups is 2. The van der Waals surface area contributed by atoms with Gasteiger partial charge in [0.15, 0.2) is 35.4 Å². The Morgan fingerprint density at radius 2 is 1.63 bits per heavy atom. The first-order valence-electron chi connectivity index (χ1n) is 13.5. The Kier molecular flexibility index (Phi) is 7.53. The highest BCUT2D eigenvalue weighted by Crippen LogP contribution is 2.55. The summed E-state index contributed by atoms with van der Waals surface area (Å²) in [5.74, 6) is -0.317. The molecule has 3 aliphatic rings. The van der Waals surface area contributed by atoms with Gasteiger partial charge in [0.25, 0.3) is 5.56 Å². The molecule has 7 rings (SSSR count). The van der Waals surface area contributed by atoms with Gasteiger partial charge in [-0.15, -0.1) is 0 Å². The number of nitrogens with zero attached hydrogens (tertiary/aromatic N) is 6. The predicted octanol–water partition coefficient (Wildman–Crippen LogP) is -0.371. The van der Waals surface area contributed by atoms with E-state index >= 15 is 4.39 Å². The molecule has 4 aromatic rings. The molecule has 4 bridgehead atoms. The molecule has 3 fully saturated rings. The lowest BCUT2D eigenvalue weighted by Crippen LogP contribution is -2.40. The number of anilines is 2. The van der Waals surface area contributed by atoms with E-state index in [4.69, 9.17) is 39.0 Å². The number of fused-ring (bicyclic) bond motifs is 6. The third-order valence-corrected chi connectivity index (χ3v) is 9.77. The van der Waals surface area contributed by atoms with Crippen LogP contribution in [-0.4, -0.2) is 98.3 Å². The standard InChI is InChI=1S/C22H26FN9O12P2/c1-7-14-13(33)16(21(41-14)31-5-27-11-8(24)2-3-26-17(11)31)44-45(35,36)39-4-9-10(23)15(43-46(37,38)42-7)20(40-9)32-6-28-12-18(32)29-22(25)30-19(12)34/h2-3,5-7,9-10,13-16,20-21,33H,4H2,1H3,(H2,24,26)(H,35,36)(H,37,38)(H3,25,29,30,34)/t7-,9+,10+,13+,14+,15+,16+,20+,21+/m0/s1. The van der Waals surface area contributed by atoms with E-state index in [1.165, 1.54) is 30.1 Å². The Morgan fingerprint density at radius 1 is 0.957 bits per heavy atom. The number of aliphatic hydroxyl groups is 1. The SMILES string of the molecule is C[C@@H]1OP(=O)(O)O[C@@H]2[C@H](F)[C@@H](COP(=O)(O)O[C@@H]3[C@H](O)[C@@H]1O[C@H]3n1cnc3c(N)ccnc31)O[C@H]2n1cnc2c(=O)[nH]c(N)nc21. The van der Waals surface area contributed by atoms with Crippen LogP contribution in [0.5, 0.6) is 0 Å². The van der Waals surface area contributed by atoms with Crippen LogP contribution in [0.15, 0.2) is 29.7 Å². The fourth-order valence-electron chi connectivity index (χ4n) is 5.64. The number of imidazole rings is 2. The van der Waals surface area contributed by atoms with E-state index in [0.29, 0.717) is 0 Å². The fourth-order valence-corrected chi connectivity index (χ4v) is 7.69. The van der Waals surface area contributed by atoms with Crippen molar-refractivity contribution in [3.8, 4) is 0 Å². The fraction of sp³-hybridized carbons (Fsp3) is 0.500. The third-order valence-electron chi connectivity index (χ3n) is 7.68. The molecular weight excluding hydrogens is 663 g/mol. The highest BCUT2D eigenvalue weighted by molar-refractivity contribution is 7.47. The molecule has 0 amide bonds. The van der Waals surface area contributed by atoms with Crippen LogP contribution in [-0.2, 0) is 36.7 Å². The van der Waals surface area contributed by atoms with Crippen molar-refractivity contribution in [2.45, 2.75) is 62.2 Å². The van der Waals surface area contributed by atoms with Crippen LogP contribution in [0.25, 0.3) is 22.3 Å². The first-order chi connectivity index (χ1) is 21.7. The Hall–Kier alpha value is -3.40. The highest BCUT2D eigenvalue weighted by atomic mass is 31.2. The Labute approximate surface area is 255 Å². The normalized spacial score (nSPS) is 38.8. The van der Waals surface area contributed by atoms with Gasteiger partial charge in [0.1, 0.15) is 36.0 Å². The van der Waals surface area contributed by atoms with Gasteiger partial charge in [-0.05, 0) is 13.0 Å². The number of rotatable bonds is 2. The Bertz CT molecular complexity index is 1980. The molecule has 0 aromatic carbocycles. The maximum atomic E-state index is 15.9. The van der Waals surface area contributed by atoms with E-state index in [9.17, 15) is 28.8 Å². The van der Waals surface area contributed by atoms with Gasteiger partial charge in [-0.3, -0.25) is 37.0 Å². The zero-order chi connectivity index (χ0) is 32.7. The molecule has 8 N–H and O–H groups in total. The predicted molar refractivity (Wildman–Crippen MR) is 149 cm³/mol. The highest BCUT2D eigenvalue weighted by Gasteiger charge is 2.56. The molecule has 3 saturated heterocycles. The number of nitrogens with one attached hydrogen (secondary N) is 1. The maximum Gasteiger partial charge on any atom is 0.473 e. The number of pyridine rings is 1. The summed E-state index contributed by atoms with van der Waals surface area (Å²) >= 11 is 0. The molecule has 2 unspecified atom stereocenters. The number of nitrogens with two attached hydrogens (primary N) is 2. The molecule has 0 aliphatic carbocycles. The van der Waals surface area contributed by atoms with Crippen molar-refractivity contribution < 1.29 is 56.0 Å². The summed E-state index contributed by atoms with van der Waals surface area (Å²) in [4.78, 5) is 52.3. The summed E-state index contributed by atoms with van der Waals surface area (Å²) in [5.41, 5.74) is 11.1. The van der Waals surface area contributed by atoms with Gasteiger partial charge in [-0.1, -0.05) is 0 Å². The van der Waals surface area contributed by atoms with E-state index in [2.05, 4.69) is 24.9 Å². The zero-order valence-electron chi connectivity index (χ0n) is 23.3. The molecule has 21 nitrogen and oxygen atoms in total. The largest absolute Gasteiger partial charge is 0.473 e. The summed E-state index contributed by atoms with van der Waals surface area (Å²) in [5, 5.41) is 11.2. The lowest BCUT2D eigenvalue weighted by Gasteiger charge is -2.28. The van der Waals surface area contributed by atoms with E-state index in [-0.39, 0.29) is 34.0 Å². The lowest BCUT2D eigenvalue weighted by molar-refractivity contribution is -0.0854. The summed E-state index contributed by atoms with van der Waals surface area (Å²) < 4.78 is 77.3. The number of phosphoric ester groups is 2. The quantitative estimate of drug-likeness (QED) is 0.146. The lowest BCUT2D eigenvalue weighted by atomic mass is 10.1. The Balaban J connectivity index is 1.25. The molecule has 7 heterocycles. The van der Waals surface area contributed by atoms with Crippen LogP contribution in [0, 0.1) is 0 Å². The van der Waals surface area contributed by atoms with Crippen LogP contribution in [0.1, 0.15) is 19.4 Å². The van der Waals surface area contributed by atoms with Crippen molar-refractivity contribution in [1.29, 1.82) is 0 Å². The van der Waals surface area contributed by atoms with Gasteiger partial charge in [0.2, 0.25) is 5.95 Å². The maximum absolute atomic E-state index is 15.9. The molecule has 248 valence electrons. The number of hydrogen-bond acceptors (Lipinski definition) is 16. The second kappa shape index (κ2) is 11.1. The number of halogens is 1. The molecule has 0 spiro atoms. The van der Waals surface area contributed by atoms with Crippen molar-refractivity contribution in [2.24, 2.45) is 0 Å². The van der Waals surface area contributed by atoms with E-state index < -0.39 is 83.1 Å². The van der Waals surface area contributed by atoms with E-state index in [1.54, 1.807) is 0 Å². The van der Waals surface area contributed by atoms with Gasteiger partial charge in [-0.25, -0.2) is 28.5 Å². The molecule has 0 radical (unpaired) electrons. The van der Waals surface area contributed by atoms with Crippen molar-refractivity contribution in [1.82, 2.24) is 34.1 Å². The molecular formula is C22H26FN9O12P2. The van der Waals surface area contributed by atoms with Crippen molar-refractivity contribution in [3.05, 3.63) is 35.3 Å². The second-order valence-electron chi connectivity index (χ2n) is 10.7. The van der Waals surface area contributed by atoms with E-state index in [1.807, 2.05) is 0 Å². The summed E-state index contributed by atoms with van der Waals surface area (Å²) in [7, 11) is -10.4. The summed E-state index contributed by atoms with van der Waals surface area (Å²) in [6.07, 6.45) is -11.8. The molecule has 46 heavy (non-hydrogen) atoms. The van der Waals surface area contributed by atoms with Gasteiger partial charge in [0, 0.05) is 6.20 Å². The molecule has 4 aromatic heterocycles.